The molecule has 0 bridgehead atoms. The average Bonchev–Trinajstić information content (AvgIpc) is 2.40. The van der Waals surface area contributed by atoms with Crippen LogP contribution in [0.4, 0.5) is 5.82 Å². The summed E-state index contributed by atoms with van der Waals surface area (Å²) >= 11 is 4.91. The highest BCUT2D eigenvalue weighted by Crippen LogP contribution is 2.18. The van der Waals surface area contributed by atoms with Crippen LogP contribution in [0.5, 0.6) is 0 Å². The smallest absolute Gasteiger partial charge is 0.263 e. The van der Waals surface area contributed by atoms with Crippen LogP contribution >= 0.6 is 12.2 Å². The molecule has 1 heterocycles. The molecule has 1 aromatic carbocycles. The van der Waals surface area contributed by atoms with Gasteiger partial charge in [-0.15, -0.1) is 0 Å². The van der Waals surface area contributed by atoms with Crippen molar-refractivity contribution in [3.8, 4) is 0 Å². The summed E-state index contributed by atoms with van der Waals surface area (Å²) in [5, 5.41) is 0. The fourth-order valence-electron chi connectivity index (χ4n) is 1.80. The van der Waals surface area contributed by atoms with Gasteiger partial charge in [-0.25, -0.2) is 13.4 Å². The van der Waals surface area contributed by atoms with E-state index >= 15 is 0 Å². The molecule has 0 aliphatic rings. The van der Waals surface area contributed by atoms with Crippen LogP contribution < -0.4 is 10.5 Å². The Morgan fingerprint density at radius 3 is 2.48 bits per heavy atom. The number of nitrogens with two attached hydrogens (primary N) is 1. The number of benzene rings is 1. The molecule has 0 aliphatic heterocycles. The number of aromatic nitrogens is 1. The summed E-state index contributed by atoms with van der Waals surface area (Å²) in [7, 11) is -3.69. The second kappa shape index (κ2) is 5.79. The molecule has 1 aromatic heterocycles. The van der Waals surface area contributed by atoms with Crippen molar-refractivity contribution in [2.45, 2.75) is 18.7 Å². The van der Waals surface area contributed by atoms with Gasteiger partial charge in [-0.05, 0) is 43.2 Å². The molecule has 0 atom stereocenters. The van der Waals surface area contributed by atoms with Crippen molar-refractivity contribution in [3.05, 3.63) is 53.2 Å². The lowest BCUT2D eigenvalue weighted by molar-refractivity contribution is 0.601. The van der Waals surface area contributed by atoms with E-state index in [0.717, 1.165) is 5.56 Å². The molecule has 2 aromatic rings. The molecule has 0 spiro atoms. The molecule has 0 amide bonds. The van der Waals surface area contributed by atoms with Crippen LogP contribution in [-0.2, 0) is 10.0 Å². The van der Waals surface area contributed by atoms with E-state index in [1.54, 1.807) is 31.3 Å². The number of sulfonamides is 1. The normalized spacial score (nSPS) is 11.1. The SMILES string of the molecule is Cc1ccc(NS(=O)(=O)c2ccc(C(N)=S)c(C)c2)nc1. The molecular formula is C14H15N3O2S2. The van der Waals surface area contributed by atoms with E-state index in [4.69, 9.17) is 18.0 Å². The van der Waals surface area contributed by atoms with Crippen LogP contribution in [-0.4, -0.2) is 18.4 Å². The highest BCUT2D eigenvalue weighted by atomic mass is 32.2. The first-order chi connectivity index (χ1) is 9.79. The number of thiocarbonyl (C=S) groups is 1. The van der Waals surface area contributed by atoms with E-state index in [-0.39, 0.29) is 15.7 Å². The molecule has 0 saturated carbocycles. The van der Waals surface area contributed by atoms with E-state index < -0.39 is 10.0 Å². The zero-order chi connectivity index (χ0) is 15.6. The lowest BCUT2D eigenvalue weighted by Crippen LogP contribution is -2.16. The molecule has 0 saturated heterocycles. The minimum Gasteiger partial charge on any atom is -0.389 e. The molecular weight excluding hydrogens is 306 g/mol. The zero-order valence-corrected chi connectivity index (χ0v) is 13.3. The van der Waals surface area contributed by atoms with Crippen molar-refractivity contribution in [1.29, 1.82) is 0 Å². The van der Waals surface area contributed by atoms with E-state index in [2.05, 4.69) is 9.71 Å². The summed E-state index contributed by atoms with van der Waals surface area (Å²) in [5.74, 6) is 0.275. The third-order valence-corrected chi connectivity index (χ3v) is 4.50. The summed E-state index contributed by atoms with van der Waals surface area (Å²) in [6.07, 6.45) is 1.60. The second-order valence-corrected chi connectivity index (χ2v) is 6.79. The van der Waals surface area contributed by atoms with Crippen molar-refractivity contribution in [2.75, 3.05) is 4.72 Å². The van der Waals surface area contributed by atoms with Gasteiger partial charge in [0.2, 0.25) is 0 Å². The van der Waals surface area contributed by atoms with Crippen molar-refractivity contribution >= 4 is 33.0 Å². The van der Waals surface area contributed by atoms with Gasteiger partial charge in [0.25, 0.3) is 10.0 Å². The van der Waals surface area contributed by atoms with Gasteiger partial charge in [-0.2, -0.15) is 0 Å². The lowest BCUT2D eigenvalue weighted by Gasteiger charge is -2.10. The molecule has 21 heavy (non-hydrogen) atoms. The predicted molar refractivity (Wildman–Crippen MR) is 86.8 cm³/mol. The van der Waals surface area contributed by atoms with Gasteiger partial charge in [0.05, 0.1) is 4.90 Å². The minimum atomic E-state index is -3.69. The maximum Gasteiger partial charge on any atom is 0.263 e. The quantitative estimate of drug-likeness (QED) is 0.843. The summed E-state index contributed by atoms with van der Waals surface area (Å²) < 4.78 is 27.0. The molecule has 0 aliphatic carbocycles. The Balaban J connectivity index is 2.33. The Labute approximate surface area is 129 Å². The largest absolute Gasteiger partial charge is 0.389 e. The first kappa shape index (κ1) is 15.4. The molecule has 0 radical (unpaired) electrons. The molecule has 2 rings (SSSR count). The Hall–Kier alpha value is -1.99. The number of anilines is 1. The second-order valence-electron chi connectivity index (χ2n) is 4.67. The van der Waals surface area contributed by atoms with Gasteiger partial charge < -0.3 is 5.73 Å². The standard InChI is InChI=1S/C14H15N3O2S2/c1-9-3-6-13(16-8-9)17-21(18,19)11-4-5-12(14(15)20)10(2)7-11/h3-8H,1-2H3,(H2,15,20)(H,16,17). The number of rotatable bonds is 4. The first-order valence-electron chi connectivity index (χ1n) is 6.15. The zero-order valence-electron chi connectivity index (χ0n) is 11.6. The van der Waals surface area contributed by atoms with Crippen LogP contribution in [0.2, 0.25) is 0 Å². The van der Waals surface area contributed by atoms with Crippen molar-refractivity contribution in [3.63, 3.8) is 0 Å². The molecule has 7 heteroatoms. The lowest BCUT2D eigenvalue weighted by atomic mass is 10.1. The number of nitrogens with zero attached hydrogens (tertiary/aromatic N) is 1. The number of aryl methyl sites for hydroxylation is 2. The van der Waals surface area contributed by atoms with Crippen LogP contribution in [0.15, 0.2) is 41.4 Å². The van der Waals surface area contributed by atoms with Gasteiger partial charge in [0, 0.05) is 11.8 Å². The minimum absolute atomic E-state index is 0.141. The van der Waals surface area contributed by atoms with E-state index in [1.807, 2.05) is 6.92 Å². The Kier molecular flexibility index (Phi) is 4.24. The van der Waals surface area contributed by atoms with Gasteiger partial charge >= 0.3 is 0 Å². The van der Waals surface area contributed by atoms with Crippen molar-refractivity contribution in [1.82, 2.24) is 4.98 Å². The van der Waals surface area contributed by atoms with Crippen molar-refractivity contribution < 1.29 is 8.42 Å². The van der Waals surface area contributed by atoms with Gasteiger partial charge in [-0.1, -0.05) is 24.4 Å². The summed E-state index contributed by atoms with van der Waals surface area (Å²) in [6, 6.07) is 8.01. The highest BCUT2D eigenvalue weighted by molar-refractivity contribution is 7.92. The number of hydrogen-bond acceptors (Lipinski definition) is 4. The predicted octanol–water partition coefficient (Wildman–Crippen LogP) is 2.13. The first-order valence-corrected chi connectivity index (χ1v) is 8.04. The van der Waals surface area contributed by atoms with Gasteiger partial charge in [-0.3, -0.25) is 4.72 Å². The van der Waals surface area contributed by atoms with Crippen molar-refractivity contribution in [2.24, 2.45) is 5.73 Å². The third kappa shape index (κ3) is 3.56. The Morgan fingerprint density at radius 1 is 1.24 bits per heavy atom. The monoisotopic (exact) mass is 321 g/mol. The van der Waals surface area contributed by atoms with Crippen LogP contribution in [0.3, 0.4) is 0 Å². The maximum absolute atomic E-state index is 12.3. The van der Waals surface area contributed by atoms with Gasteiger partial charge in [0.1, 0.15) is 10.8 Å². The third-order valence-electron chi connectivity index (χ3n) is 2.92. The molecule has 110 valence electrons. The highest BCUT2D eigenvalue weighted by Gasteiger charge is 2.16. The number of hydrogen-bond donors (Lipinski definition) is 2. The maximum atomic E-state index is 12.3. The summed E-state index contributed by atoms with van der Waals surface area (Å²) in [5.41, 5.74) is 7.90. The molecule has 0 unspecified atom stereocenters. The number of nitrogens with one attached hydrogen (secondary N) is 1. The Morgan fingerprint density at radius 2 is 1.95 bits per heavy atom. The fourth-order valence-corrected chi connectivity index (χ4v) is 3.13. The van der Waals surface area contributed by atoms with Crippen LogP contribution in [0, 0.1) is 13.8 Å². The topological polar surface area (TPSA) is 85.1 Å². The van der Waals surface area contributed by atoms with Crippen LogP contribution in [0.25, 0.3) is 0 Å². The average molecular weight is 321 g/mol. The molecule has 3 N–H and O–H groups in total. The Bertz CT molecular complexity index is 784. The number of pyridine rings is 1. The summed E-state index contributed by atoms with van der Waals surface area (Å²) in [4.78, 5) is 4.41. The van der Waals surface area contributed by atoms with Gasteiger partial charge in [0.15, 0.2) is 0 Å². The van der Waals surface area contributed by atoms with Crippen LogP contribution in [0.1, 0.15) is 16.7 Å². The van der Waals surface area contributed by atoms with E-state index in [0.29, 0.717) is 11.1 Å². The van der Waals surface area contributed by atoms with E-state index in [1.165, 1.54) is 12.1 Å². The molecule has 0 fully saturated rings. The summed E-state index contributed by atoms with van der Waals surface area (Å²) in [6.45, 7) is 3.64. The molecule has 5 nitrogen and oxygen atoms in total. The fraction of sp³-hybridized carbons (Fsp3) is 0.143. The van der Waals surface area contributed by atoms with E-state index in [9.17, 15) is 8.42 Å².